The molecule has 0 spiro atoms. The zero-order valence-corrected chi connectivity index (χ0v) is 13.5. The van der Waals surface area contributed by atoms with E-state index in [0.29, 0.717) is 5.25 Å². The van der Waals surface area contributed by atoms with Crippen LogP contribution in [-0.4, -0.2) is 11.0 Å². The molecule has 0 saturated carbocycles. The van der Waals surface area contributed by atoms with Gasteiger partial charge in [-0.3, -0.25) is 0 Å². The van der Waals surface area contributed by atoms with Crippen LogP contribution < -0.4 is 0 Å². The Morgan fingerprint density at radius 1 is 0.706 bits per heavy atom. The Morgan fingerprint density at radius 2 is 1.18 bits per heavy atom. The molecule has 0 saturated heterocycles. The molecule has 1 unspecified atom stereocenters. The van der Waals surface area contributed by atoms with Gasteiger partial charge >= 0.3 is 0 Å². The minimum Gasteiger partial charge on any atom is -0.179 e. The van der Waals surface area contributed by atoms with Crippen LogP contribution in [0.25, 0.3) is 0 Å². The minimum absolute atomic E-state index is 0.654. The summed E-state index contributed by atoms with van der Waals surface area (Å²) in [5, 5.41) is 0.654. The highest BCUT2D eigenvalue weighted by atomic mass is 32.1. The topological polar surface area (TPSA) is 0 Å². The van der Waals surface area contributed by atoms with Gasteiger partial charge < -0.3 is 0 Å². The minimum atomic E-state index is 0.654. The van der Waals surface area contributed by atoms with Crippen LogP contribution in [-0.2, 0) is 0 Å². The normalized spacial score (nSPS) is 12.9. The molecule has 0 aromatic carbocycles. The molecular weight excluding hydrogens is 244 g/mol. The average molecular weight is 277 g/mol. The molecule has 1 atom stereocenters. The van der Waals surface area contributed by atoms with Crippen LogP contribution in [0.15, 0.2) is 0 Å². The average Bonchev–Trinajstić information content (AvgIpc) is 2.33. The number of hydrogen-bond acceptors (Lipinski definition) is 2. The fraction of sp³-hybridized carbons (Fsp3) is 1.00. The highest BCUT2D eigenvalue weighted by Gasteiger charge is 2.02. The molecule has 0 heterocycles. The van der Waals surface area contributed by atoms with Crippen LogP contribution in [0.4, 0.5) is 0 Å². The summed E-state index contributed by atoms with van der Waals surface area (Å²) in [6.45, 7) is 2.27. The summed E-state index contributed by atoms with van der Waals surface area (Å²) in [4.78, 5) is 0. The molecule has 0 aromatic rings. The van der Waals surface area contributed by atoms with E-state index in [1.807, 2.05) is 0 Å². The number of hydrogen-bond donors (Lipinski definition) is 2. The Morgan fingerprint density at radius 3 is 1.71 bits per heavy atom. The summed E-state index contributed by atoms with van der Waals surface area (Å²) in [6.07, 6.45) is 16.4. The van der Waals surface area contributed by atoms with Gasteiger partial charge in [-0.15, -0.1) is 0 Å². The second-order valence-electron chi connectivity index (χ2n) is 5.14. The van der Waals surface area contributed by atoms with E-state index in [1.165, 1.54) is 77.0 Å². The van der Waals surface area contributed by atoms with Gasteiger partial charge in [-0.05, 0) is 25.0 Å². The molecule has 17 heavy (non-hydrogen) atoms. The van der Waals surface area contributed by atoms with E-state index in [-0.39, 0.29) is 0 Å². The Labute approximate surface area is 120 Å². The van der Waals surface area contributed by atoms with Crippen molar-refractivity contribution in [2.24, 2.45) is 0 Å². The van der Waals surface area contributed by atoms with Gasteiger partial charge in [0.05, 0.1) is 0 Å². The Kier molecular flexibility index (Phi) is 15.4. The van der Waals surface area contributed by atoms with Crippen molar-refractivity contribution in [1.29, 1.82) is 0 Å². The first-order chi connectivity index (χ1) is 8.31. The van der Waals surface area contributed by atoms with Crippen LogP contribution in [0, 0.1) is 0 Å². The first-order valence-corrected chi connectivity index (χ1v) is 8.75. The lowest BCUT2D eigenvalue weighted by Gasteiger charge is -2.10. The maximum Gasteiger partial charge on any atom is 0.00168 e. The summed E-state index contributed by atoms with van der Waals surface area (Å²) in [7, 11) is 0. The largest absolute Gasteiger partial charge is 0.179 e. The molecule has 0 N–H and O–H groups in total. The van der Waals surface area contributed by atoms with E-state index in [1.54, 1.807) is 0 Å². The molecule has 0 aliphatic carbocycles. The van der Waals surface area contributed by atoms with Gasteiger partial charge in [0.1, 0.15) is 0 Å². The van der Waals surface area contributed by atoms with Gasteiger partial charge in [-0.1, -0.05) is 64.7 Å². The first-order valence-electron chi connectivity index (χ1n) is 7.60. The van der Waals surface area contributed by atoms with Crippen molar-refractivity contribution in [2.45, 2.75) is 89.2 Å². The standard InChI is InChI=1S/C15H32S2/c1-2-3-4-6-9-12-15(17)13-10-7-5-8-11-14-16/h15-17H,2-14H2,1H3. The molecular formula is C15H32S2. The molecule has 0 rings (SSSR count). The third-order valence-electron chi connectivity index (χ3n) is 3.34. The molecule has 0 aromatic heterocycles. The van der Waals surface area contributed by atoms with Gasteiger partial charge in [0, 0.05) is 5.25 Å². The van der Waals surface area contributed by atoms with Crippen LogP contribution in [0.2, 0.25) is 0 Å². The van der Waals surface area contributed by atoms with Gasteiger partial charge in [0.2, 0.25) is 0 Å². The van der Waals surface area contributed by atoms with E-state index in [2.05, 4.69) is 32.2 Å². The lowest BCUT2D eigenvalue weighted by Crippen LogP contribution is -1.98. The highest BCUT2D eigenvalue weighted by Crippen LogP contribution is 2.17. The zero-order chi connectivity index (χ0) is 12.8. The van der Waals surface area contributed by atoms with Crippen molar-refractivity contribution >= 4 is 25.3 Å². The maximum absolute atomic E-state index is 4.69. The van der Waals surface area contributed by atoms with Crippen LogP contribution in [0.3, 0.4) is 0 Å². The lowest BCUT2D eigenvalue weighted by atomic mass is 10.0. The van der Waals surface area contributed by atoms with Crippen molar-refractivity contribution < 1.29 is 0 Å². The second-order valence-corrected chi connectivity index (χ2v) is 6.31. The highest BCUT2D eigenvalue weighted by molar-refractivity contribution is 7.81. The number of thiol groups is 2. The Hall–Kier alpha value is 0.700. The van der Waals surface area contributed by atoms with Crippen molar-refractivity contribution in [2.75, 3.05) is 5.75 Å². The fourth-order valence-corrected chi connectivity index (χ4v) is 2.74. The summed E-state index contributed by atoms with van der Waals surface area (Å²) in [6, 6.07) is 0. The molecule has 0 bridgehead atoms. The van der Waals surface area contributed by atoms with E-state index in [9.17, 15) is 0 Å². The zero-order valence-electron chi connectivity index (χ0n) is 11.7. The molecule has 0 aliphatic rings. The monoisotopic (exact) mass is 276 g/mol. The van der Waals surface area contributed by atoms with Gasteiger partial charge in [-0.25, -0.2) is 0 Å². The van der Waals surface area contributed by atoms with E-state index < -0.39 is 0 Å². The van der Waals surface area contributed by atoms with Crippen molar-refractivity contribution in [1.82, 2.24) is 0 Å². The molecule has 104 valence electrons. The first kappa shape index (κ1) is 17.7. The third kappa shape index (κ3) is 14.6. The van der Waals surface area contributed by atoms with Crippen LogP contribution >= 0.6 is 25.3 Å². The lowest BCUT2D eigenvalue weighted by molar-refractivity contribution is 0.553. The van der Waals surface area contributed by atoms with Gasteiger partial charge in [0.15, 0.2) is 0 Å². The Bertz CT molecular complexity index is 137. The number of rotatable bonds is 13. The molecule has 0 amide bonds. The van der Waals surface area contributed by atoms with E-state index in [4.69, 9.17) is 0 Å². The smallest absolute Gasteiger partial charge is 0.00168 e. The van der Waals surface area contributed by atoms with Crippen molar-refractivity contribution in [3.05, 3.63) is 0 Å². The van der Waals surface area contributed by atoms with Crippen molar-refractivity contribution in [3.63, 3.8) is 0 Å². The van der Waals surface area contributed by atoms with E-state index in [0.717, 1.165) is 5.75 Å². The molecule has 0 radical (unpaired) electrons. The SMILES string of the molecule is CCCCCCCC(S)CCCCCCCS. The van der Waals surface area contributed by atoms with Crippen LogP contribution in [0.5, 0.6) is 0 Å². The predicted octanol–water partition coefficient (Wildman–Crippen LogP) is 5.92. The van der Waals surface area contributed by atoms with Gasteiger partial charge in [-0.2, -0.15) is 25.3 Å². The maximum atomic E-state index is 4.69. The summed E-state index contributed by atoms with van der Waals surface area (Å²) < 4.78 is 0. The van der Waals surface area contributed by atoms with Gasteiger partial charge in [0.25, 0.3) is 0 Å². The summed E-state index contributed by atoms with van der Waals surface area (Å²) in [5.74, 6) is 1.05. The Balaban J connectivity index is 3.09. The molecule has 0 fully saturated rings. The van der Waals surface area contributed by atoms with Crippen LogP contribution in [0.1, 0.15) is 84.0 Å². The predicted molar refractivity (Wildman–Crippen MR) is 87.7 cm³/mol. The number of unbranched alkanes of at least 4 members (excludes halogenated alkanes) is 8. The summed E-state index contributed by atoms with van der Waals surface area (Å²) in [5.41, 5.74) is 0. The fourth-order valence-electron chi connectivity index (χ4n) is 2.15. The molecule has 0 nitrogen and oxygen atoms in total. The van der Waals surface area contributed by atoms with Crippen molar-refractivity contribution in [3.8, 4) is 0 Å². The second kappa shape index (κ2) is 14.8. The molecule has 0 aliphatic heterocycles. The summed E-state index contributed by atoms with van der Waals surface area (Å²) >= 11 is 8.92. The van der Waals surface area contributed by atoms with E-state index >= 15 is 0 Å². The third-order valence-corrected chi connectivity index (χ3v) is 4.17. The quantitative estimate of drug-likeness (QED) is 0.303. The molecule has 2 heteroatoms.